The maximum absolute atomic E-state index is 11.2. The maximum atomic E-state index is 11.2. The van der Waals surface area contributed by atoms with Crippen LogP contribution < -0.4 is 9.47 Å². The summed E-state index contributed by atoms with van der Waals surface area (Å²) < 4.78 is 10.3. The van der Waals surface area contributed by atoms with E-state index < -0.39 is 10.9 Å². The van der Waals surface area contributed by atoms with Gasteiger partial charge in [0.25, 0.3) is 5.69 Å². The van der Waals surface area contributed by atoms with E-state index in [0.717, 1.165) is 0 Å². The number of benzene rings is 2. The van der Waals surface area contributed by atoms with E-state index in [1.54, 1.807) is 41.8 Å². The highest BCUT2D eigenvalue weighted by atomic mass is 32.1. The highest BCUT2D eigenvalue weighted by molar-refractivity contribution is 7.11. The molecule has 8 nitrogen and oxygen atoms in total. The number of carbonyl (C=O) groups is 1. The van der Waals surface area contributed by atoms with Gasteiger partial charge in [0.1, 0.15) is 11.1 Å². The first-order chi connectivity index (χ1) is 14.4. The van der Waals surface area contributed by atoms with Crippen molar-refractivity contribution in [2.75, 3.05) is 7.11 Å². The van der Waals surface area contributed by atoms with Crippen molar-refractivity contribution < 1.29 is 19.2 Å². The van der Waals surface area contributed by atoms with E-state index in [1.165, 1.54) is 37.5 Å². The quantitative estimate of drug-likeness (QED) is 0.186. The van der Waals surface area contributed by atoms with Crippen molar-refractivity contribution in [3.05, 3.63) is 68.5 Å². The van der Waals surface area contributed by atoms with Crippen LogP contribution in [0.1, 0.15) is 17.5 Å². The number of nitriles is 1. The Morgan fingerprint density at radius 2 is 2.07 bits per heavy atom. The van der Waals surface area contributed by atoms with Crippen molar-refractivity contribution in [1.29, 1.82) is 5.26 Å². The van der Waals surface area contributed by atoms with Crippen molar-refractivity contribution in [2.24, 2.45) is 0 Å². The first kappa shape index (κ1) is 20.7. The second-order valence-corrected chi connectivity index (χ2v) is 6.88. The summed E-state index contributed by atoms with van der Waals surface area (Å²) in [5.74, 6) is 0.168. The number of allylic oxidation sites excluding steroid dienone is 1. The number of esters is 1. The molecule has 0 fully saturated rings. The molecule has 0 bridgehead atoms. The van der Waals surface area contributed by atoms with Gasteiger partial charge < -0.3 is 9.47 Å². The van der Waals surface area contributed by atoms with Crippen LogP contribution in [-0.2, 0) is 4.79 Å². The number of non-ortho nitro benzene ring substituents is 1. The lowest BCUT2D eigenvalue weighted by Crippen LogP contribution is -2.03. The third kappa shape index (κ3) is 4.68. The number of nitrogens with zero attached hydrogens (tertiary/aromatic N) is 3. The van der Waals surface area contributed by atoms with Crippen molar-refractivity contribution in [2.45, 2.75) is 6.92 Å². The van der Waals surface area contributed by atoms with Crippen molar-refractivity contribution in [1.82, 2.24) is 4.98 Å². The fourth-order valence-corrected chi connectivity index (χ4v) is 3.43. The van der Waals surface area contributed by atoms with Crippen LogP contribution in [0.5, 0.6) is 11.5 Å². The molecule has 0 radical (unpaired) electrons. The summed E-state index contributed by atoms with van der Waals surface area (Å²) in [4.78, 5) is 26.1. The number of carbonyl (C=O) groups excluding carboxylic acids is 1. The average molecular weight is 421 g/mol. The molecule has 3 rings (SSSR count). The number of nitro groups is 1. The number of methoxy groups -OCH3 is 1. The topological polar surface area (TPSA) is 115 Å². The third-order valence-electron chi connectivity index (χ3n) is 3.96. The number of thiazole rings is 1. The first-order valence-electron chi connectivity index (χ1n) is 8.60. The smallest absolute Gasteiger partial charge is 0.308 e. The van der Waals surface area contributed by atoms with Gasteiger partial charge in [0.05, 0.1) is 23.3 Å². The van der Waals surface area contributed by atoms with E-state index in [-0.39, 0.29) is 11.4 Å². The monoisotopic (exact) mass is 421 g/mol. The second-order valence-electron chi connectivity index (χ2n) is 6.02. The van der Waals surface area contributed by atoms with Crippen molar-refractivity contribution in [3.63, 3.8) is 0 Å². The van der Waals surface area contributed by atoms with Gasteiger partial charge in [-0.3, -0.25) is 14.9 Å². The second kappa shape index (κ2) is 8.98. The number of ether oxygens (including phenoxy) is 2. The lowest BCUT2D eigenvalue weighted by atomic mass is 10.1. The average Bonchev–Trinajstić information content (AvgIpc) is 3.22. The van der Waals surface area contributed by atoms with Crippen LogP contribution in [0.3, 0.4) is 0 Å². The lowest BCUT2D eigenvalue weighted by Gasteiger charge is -2.08. The van der Waals surface area contributed by atoms with Crippen LogP contribution in [0, 0.1) is 21.4 Å². The molecule has 0 spiro atoms. The molecule has 0 saturated carbocycles. The normalized spacial score (nSPS) is 10.9. The van der Waals surface area contributed by atoms with Crippen molar-refractivity contribution >= 4 is 34.6 Å². The Balaban J connectivity index is 1.93. The molecule has 30 heavy (non-hydrogen) atoms. The summed E-state index contributed by atoms with van der Waals surface area (Å²) in [5, 5.41) is 22.8. The van der Waals surface area contributed by atoms with Gasteiger partial charge in [-0.05, 0) is 23.8 Å². The van der Waals surface area contributed by atoms with E-state index in [4.69, 9.17) is 9.47 Å². The summed E-state index contributed by atoms with van der Waals surface area (Å²) in [6.45, 7) is 1.29. The summed E-state index contributed by atoms with van der Waals surface area (Å²) in [6.07, 6.45) is 1.64. The minimum Gasteiger partial charge on any atom is -0.493 e. The number of aromatic nitrogens is 1. The largest absolute Gasteiger partial charge is 0.493 e. The van der Waals surface area contributed by atoms with Gasteiger partial charge in [0, 0.05) is 30.0 Å². The number of hydrogen-bond donors (Lipinski definition) is 0. The Bertz CT molecular complexity index is 1190. The van der Waals surface area contributed by atoms with Gasteiger partial charge in [-0.25, -0.2) is 4.98 Å². The molecule has 150 valence electrons. The molecule has 9 heteroatoms. The maximum Gasteiger partial charge on any atom is 0.308 e. The van der Waals surface area contributed by atoms with Gasteiger partial charge in [-0.2, -0.15) is 5.26 Å². The SMILES string of the molecule is COc1cc(/C=C(/C#N)c2nc(-c3cccc([N+](=O)[O-])c3)cs2)ccc1OC(C)=O. The molecule has 3 aromatic rings. The predicted molar refractivity (Wildman–Crippen MR) is 112 cm³/mol. The predicted octanol–water partition coefficient (Wildman–Crippen LogP) is 4.72. The minimum absolute atomic E-state index is 0.0296. The first-order valence-corrected chi connectivity index (χ1v) is 9.48. The van der Waals surface area contributed by atoms with E-state index in [2.05, 4.69) is 11.1 Å². The zero-order valence-electron chi connectivity index (χ0n) is 16.0. The zero-order chi connectivity index (χ0) is 21.7. The Kier molecular flexibility index (Phi) is 6.20. The minimum atomic E-state index is -0.468. The van der Waals surface area contributed by atoms with Gasteiger partial charge in [-0.1, -0.05) is 18.2 Å². The Morgan fingerprint density at radius 1 is 1.27 bits per heavy atom. The van der Waals surface area contributed by atoms with Crippen molar-refractivity contribution in [3.8, 4) is 28.8 Å². The Hall–Kier alpha value is -4.03. The van der Waals surface area contributed by atoms with Gasteiger partial charge >= 0.3 is 5.97 Å². The summed E-state index contributed by atoms with van der Waals surface area (Å²) in [5.41, 5.74) is 2.09. The van der Waals surface area contributed by atoms with E-state index in [1.807, 2.05) is 0 Å². The van der Waals surface area contributed by atoms with Crippen LogP contribution in [0.4, 0.5) is 5.69 Å². The van der Waals surface area contributed by atoms with Crippen LogP contribution in [0.15, 0.2) is 47.8 Å². The number of rotatable bonds is 6. The molecular weight excluding hydrogens is 406 g/mol. The van der Waals surface area contributed by atoms with E-state index in [9.17, 15) is 20.2 Å². The highest BCUT2D eigenvalue weighted by Gasteiger charge is 2.13. The number of hydrogen-bond acceptors (Lipinski definition) is 8. The number of nitro benzene ring substituents is 1. The molecule has 0 amide bonds. The summed E-state index contributed by atoms with van der Waals surface area (Å²) in [7, 11) is 1.45. The molecule has 0 unspecified atom stereocenters. The lowest BCUT2D eigenvalue weighted by molar-refractivity contribution is -0.384. The van der Waals surface area contributed by atoms with Gasteiger partial charge in [0.15, 0.2) is 11.5 Å². The highest BCUT2D eigenvalue weighted by Crippen LogP contribution is 2.32. The summed E-state index contributed by atoms with van der Waals surface area (Å²) >= 11 is 1.26. The summed E-state index contributed by atoms with van der Waals surface area (Å²) in [6, 6.07) is 13.2. The molecule has 2 aromatic carbocycles. The molecule has 1 heterocycles. The Morgan fingerprint density at radius 3 is 2.73 bits per heavy atom. The third-order valence-corrected chi connectivity index (χ3v) is 4.84. The van der Waals surface area contributed by atoms with Crippen LogP contribution in [0.2, 0.25) is 0 Å². The van der Waals surface area contributed by atoms with Crippen LogP contribution in [-0.4, -0.2) is 23.0 Å². The molecule has 0 N–H and O–H groups in total. The molecule has 0 saturated heterocycles. The zero-order valence-corrected chi connectivity index (χ0v) is 16.8. The van der Waals surface area contributed by atoms with Crippen LogP contribution in [0.25, 0.3) is 22.9 Å². The molecule has 0 aliphatic carbocycles. The fraction of sp³-hybridized carbons (Fsp3) is 0.0952. The molecule has 0 aliphatic rings. The Labute approximate surface area is 175 Å². The molecule has 1 aromatic heterocycles. The van der Waals surface area contributed by atoms with Gasteiger partial charge in [0.2, 0.25) is 0 Å². The van der Waals surface area contributed by atoms with Gasteiger partial charge in [-0.15, -0.1) is 11.3 Å². The molecule has 0 atom stereocenters. The molecule has 0 aliphatic heterocycles. The van der Waals surface area contributed by atoms with E-state index in [0.29, 0.717) is 33.2 Å². The molecular formula is C21H15N3O5S. The van der Waals surface area contributed by atoms with E-state index >= 15 is 0 Å². The standard InChI is InChI=1S/C21H15N3O5S/c1-13(25)29-19-7-6-14(9-20(19)28-2)8-16(11-22)21-23-18(12-30-21)15-4-3-5-17(10-15)24(26)27/h3-10,12H,1-2H3/b16-8-. The fourth-order valence-electron chi connectivity index (χ4n) is 2.63. The van der Waals surface area contributed by atoms with Crippen LogP contribution >= 0.6 is 11.3 Å².